The number of carbonyl (C=O) groups is 1. The lowest BCUT2D eigenvalue weighted by molar-refractivity contribution is 0.0595. The van der Waals surface area contributed by atoms with E-state index in [1.165, 1.54) is 0 Å². The maximum absolute atomic E-state index is 13.1. The fourth-order valence-electron chi connectivity index (χ4n) is 4.87. The van der Waals surface area contributed by atoms with Gasteiger partial charge < -0.3 is 14.2 Å². The Balaban J connectivity index is 1.53. The average Bonchev–Trinajstić information content (AvgIpc) is 2.80. The lowest BCUT2D eigenvalue weighted by atomic mass is 9.80. The summed E-state index contributed by atoms with van der Waals surface area (Å²) in [6.45, 7) is 1.94. The molecule has 0 N–H and O–H groups in total. The van der Waals surface area contributed by atoms with E-state index in [4.69, 9.17) is 4.74 Å². The fourth-order valence-corrected chi connectivity index (χ4v) is 4.87. The Kier molecular flexibility index (Phi) is 4.62. The number of rotatable bonds is 3. The van der Waals surface area contributed by atoms with Gasteiger partial charge in [-0.1, -0.05) is 12.1 Å². The highest BCUT2D eigenvalue weighted by atomic mass is 16.5. The molecule has 1 amide bonds. The number of benzene rings is 1. The number of pyridine rings is 2. The van der Waals surface area contributed by atoms with Gasteiger partial charge in [0.15, 0.2) is 0 Å². The number of piperidine rings is 1. The molecule has 1 aromatic carbocycles. The maximum Gasteiger partial charge on any atom is 0.253 e. The highest BCUT2D eigenvalue weighted by Gasteiger charge is 2.38. The highest BCUT2D eigenvalue weighted by molar-refractivity contribution is 5.94. The predicted octanol–water partition coefficient (Wildman–Crippen LogP) is 3.18. The molecule has 6 nitrogen and oxygen atoms in total. The van der Waals surface area contributed by atoms with Crippen LogP contribution in [0.3, 0.4) is 0 Å². The summed E-state index contributed by atoms with van der Waals surface area (Å²) in [5, 5.41) is 0. The normalized spacial score (nSPS) is 19.8. The molecular weight excluding hydrogens is 378 g/mol. The molecule has 4 heterocycles. The third kappa shape index (κ3) is 3.18. The van der Waals surface area contributed by atoms with Crippen LogP contribution < -0.4 is 10.3 Å². The van der Waals surface area contributed by atoms with Gasteiger partial charge in [0.1, 0.15) is 5.75 Å². The molecular formula is C24H23N3O3. The van der Waals surface area contributed by atoms with Crippen molar-refractivity contribution in [2.45, 2.75) is 18.9 Å². The first-order valence-electron chi connectivity index (χ1n) is 10.2. The molecule has 0 aliphatic carbocycles. The van der Waals surface area contributed by atoms with Gasteiger partial charge in [-0.2, -0.15) is 0 Å². The molecule has 5 rings (SSSR count). The number of fused-ring (bicyclic) bond motifs is 4. The van der Waals surface area contributed by atoms with Crippen LogP contribution in [-0.2, 0) is 6.54 Å². The van der Waals surface area contributed by atoms with Crippen molar-refractivity contribution >= 4 is 5.91 Å². The number of carbonyl (C=O) groups excluding carboxylic acids is 1. The summed E-state index contributed by atoms with van der Waals surface area (Å²) >= 11 is 0. The van der Waals surface area contributed by atoms with Gasteiger partial charge in [-0.3, -0.25) is 14.6 Å². The van der Waals surface area contributed by atoms with Crippen LogP contribution in [-0.4, -0.2) is 40.6 Å². The minimum absolute atomic E-state index is 0.0322. The number of hydrogen-bond acceptors (Lipinski definition) is 4. The van der Waals surface area contributed by atoms with E-state index in [-0.39, 0.29) is 23.3 Å². The van der Waals surface area contributed by atoms with Crippen LogP contribution in [0.1, 0.15) is 28.4 Å². The molecule has 30 heavy (non-hydrogen) atoms. The lowest BCUT2D eigenvalue weighted by Gasteiger charge is -2.43. The molecule has 0 radical (unpaired) electrons. The second-order valence-corrected chi connectivity index (χ2v) is 8.05. The summed E-state index contributed by atoms with van der Waals surface area (Å²) < 4.78 is 7.20. The quantitative estimate of drug-likeness (QED) is 0.676. The van der Waals surface area contributed by atoms with Crippen molar-refractivity contribution in [3.63, 3.8) is 0 Å². The van der Waals surface area contributed by atoms with Crippen molar-refractivity contribution in [3.05, 3.63) is 82.5 Å². The Hall–Kier alpha value is -3.41. The topological polar surface area (TPSA) is 64.4 Å². The molecule has 1 saturated heterocycles. The molecule has 152 valence electrons. The predicted molar refractivity (Wildman–Crippen MR) is 114 cm³/mol. The third-order valence-electron chi connectivity index (χ3n) is 6.21. The summed E-state index contributed by atoms with van der Waals surface area (Å²) in [7, 11) is 1.65. The molecule has 6 heteroatoms. The summed E-state index contributed by atoms with van der Waals surface area (Å²) in [5.41, 5.74) is 3.84. The number of methoxy groups -OCH3 is 1. The van der Waals surface area contributed by atoms with E-state index in [1.807, 2.05) is 39.8 Å². The van der Waals surface area contributed by atoms with Crippen molar-refractivity contribution in [1.29, 1.82) is 0 Å². The van der Waals surface area contributed by atoms with Gasteiger partial charge in [-0.05, 0) is 48.2 Å². The zero-order valence-corrected chi connectivity index (χ0v) is 16.8. The van der Waals surface area contributed by atoms with E-state index in [0.717, 1.165) is 29.0 Å². The van der Waals surface area contributed by atoms with E-state index < -0.39 is 0 Å². The molecule has 2 bridgehead atoms. The van der Waals surface area contributed by atoms with Gasteiger partial charge in [0, 0.05) is 60.8 Å². The van der Waals surface area contributed by atoms with Crippen LogP contribution in [0.15, 0.2) is 65.7 Å². The Labute approximate surface area is 174 Å². The van der Waals surface area contributed by atoms with Crippen molar-refractivity contribution in [2.75, 3.05) is 20.2 Å². The van der Waals surface area contributed by atoms with Gasteiger partial charge >= 0.3 is 0 Å². The van der Waals surface area contributed by atoms with E-state index in [0.29, 0.717) is 25.2 Å². The van der Waals surface area contributed by atoms with E-state index in [2.05, 4.69) is 4.98 Å². The maximum atomic E-state index is 13.1. The van der Waals surface area contributed by atoms with E-state index in [1.54, 1.807) is 37.7 Å². The van der Waals surface area contributed by atoms with Crippen LogP contribution in [0.4, 0.5) is 0 Å². The van der Waals surface area contributed by atoms with E-state index >= 15 is 0 Å². The van der Waals surface area contributed by atoms with Crippen LogP contribution in [0.5, 0.6) is 5.75 Å². The number of ether oxygens (including phenoxy) is 1. The summed E-state index contributed by atoms with van der Waals surface area (Å²) in [6, 6.07) is 15.0. The first kappa shape index (κ1) is 18.6. The second-order valence-electron chi connectivity index (χ2n) is 8.05. The van der Waals surface area contributed by atoms with Crippen molar-refractivity contribution in [3.8, 4) is 16.9 Å². The number of amides is 1. The van der Waals surface area contributed by atoms with Gasteiger partial charge in [0.25, 0.3) is 11.5 Å². The molecule has 0 spiro atoms. The smallest absolute Gasteiger partial charge is 0.253 e. The highest BCUT2D eigenvalue weighted by Crippen LogP contribution is 2.40. The Bertz CT molecular complexity index is 1140. The van der Waals surface area contributed by atoms with Gasteiger partial charge in [-0.15, -0.1) is 0 Å². The zero-order chi connectivity index (χ0) is 20.7. The first-order chi connectivity index (χ1) is 14.6. The third-order valence-corrected chi connectivity index (χ3v) is 6.21. The second kappa shape index (κ2) is 7.44. The number of likely N-dealkylation sites (tertiary alicyclic amines) is 1. The SMILES string of the molecule is COc1ccc(-c2ccc(=O)n3c2[C@@H]2C[C@@H](CN(C(=O)c4ccncc4)C2)C3)cc1. The van der Waals surface area contributed by atoms with Gasteiger partial charge in [0.2, 0.25) is 0 Å². The molecule has 2 aromatic heterocycles. The summed E-state index contributed by atoms with van der Waals surface area (Å²) in [4.78, 5) is 31.7. The molecule has 1 fully saturated rings. The van der Waals surface area contributed by atoms with Crippen molar-refractivity contribution in [2.24, 2.45) is 5.92 Å². The summed E-state index contributed by atoms with van der Waals surface area (Å²) in [6.07, 6.45) is 4.29. The zero-order valence-electron chi connectivity index (χ0n) is 16.8. The Morgan fingerprint density at radius 3 is 2.50 bits per heavy atom. The number of aromatic nitrogens is 2. The average molecular weight is 401 g/mol. The minimum Gasteiger partial charge on any atom is -0.497 e. The van der Waals surface area contributed by atoms with Crippen LogP contribution in [0.25, 0.3) is 11.1 Å². The molecule has 2 atom stereocenters. The molecule has 0 saturated carbocycles. The lowest BCUT2D eigenvalue weighted by Crippen LogP contribution is -2.49. The Morgan fingerprint density at radius 2 is 1.77 bits per heavy atom. The first-order valence-corrected chi connectivity index (χ1v) is 10.2. The van der Waals surface area contributed by atoms with Crippen molar-refractivity contribution < 1.29 is 9.53 Å². The molecule has 0 unspecified atom stereocenters. The minimum atomic E-state index is 0.0322. The van der Waals surface area contributed by atoms with Crippen LogP contribution >= 0.6 is 0 Å². The number of hydrogen-bond donors (Lipinski definition) is 0. The standard InChI is InChI=1S/C24H23N3O3/c1-30-20-4-2-17(3-5-20)21-6-7-22(28)27-14-16-12-19(23(21)27)15-26(13-16)24(29)18-8-10-25-11-9-18/h2-11,16,19H,12-15H2,1H3/t16-,19+/m0/s1. The van der Waals surface area contributed by atoms with Gasteiger partial charge in [-0.25, -0.2) is 0 Å². The fraction of sp³-hybridized carbons (Fsp3) is 0.292. The van der Waals surface area contributed by atoms with E-state index in [9.17, 15) is 9.59 Å². The molecule has 3 aromatic rings. The van der Waals surface area contributed by atoms with Gasteiger partial charge in [0.05, 0.1) is 7.11 Å². The summed E-state index contributed by atoms with van der Waals surface area (Å²) in [5.74, 6) is 1.25. The van der Waals surface area contributed by atoms with Crippen LogP contribution in [0.2, 0.25) is 0 Å². The number of nitrogens with zero attached hydrogens (tertiary/aromatic N) is 3. The molecule has 2 aliphatic rings. The largest absolute Gasteiger partial charge is 0.497 e. The monoisotopic (exact) mass is 401 g/mol. The molecule has 2 aliphatic heterocycles. The van der Waals surface area contributed by atoms with Crippen LogP contribution in [0, 0.1) is 5.92 Å². The Morgan fingerprint density at radius 1 is 1.00 bits per heavy atom. The van der Waals surface area contributed by atoms with Crippen molar-refractivity contribution in [1.82, 2.24) is 14.5 Å².